The van der Waals surface area contributed by atoms with Crippen molar-refractivity contribution in [3.8, 4) is 5.75 Å². The highest BCUT2D eigenvalue weighted by Gasteiger charge is 2.51. The highest BCUT2D eigenvalue weighted by molar-refractivity contribution is 6.06. The van der Waals surface area contributed by atoms with Crippen LogP contribution in [0.5, 0.6) is 5.75 Å². The zero-order valence-electron chi connectivity index (χ0n) is 14.8. The van der Waals surface area contributed by atoms with Crippen LogP contribution in [-0.4, -0.2) is 54.5 Å². The number of ether oxygens (including phenoxy) is 1. The number of urea groups is 1. The van der Waals surface area contributed by atoms with E-state index < -0.39 is 5.54 Å². The Morgan fingerprint density at radius 3 is 2.80 bits per heavy atom. The quantitative estimate of drug-likeness (QED) is 0.845. The molecule has 25 heavy (non-hydrogen) atoms. The highest BCUT2D eigenvalue weighted by atomic mass is 19.1. The number of imide groups is 1. The van der Waals surface area contributed by atoms with Crippen molar-refractivity contribution in [3.05, 3.63) is 29.6 Å². The van der Waals surface area contributed by atoms with Gasteiger partial charge >= 0.3 is 6.03 Å². The number of rotatable bonds is 4. The molecule has 6 nitrogen and oxygen atoms in total. The molecule has 1 aromatic carbocycles. The summed E-state index contributed by atoms with van der Waals surface area (Å²) in [5, 5.41) is 2.84. The molecule has 0 spiro atoms. The number of amides is 3. The molecule has 2 aliphatic rings. The van der Waals surface area contributed by atoms with Gasteiger partial charge in [-0.1, -0.05) is 0 Å². The molecule has 2 heterocycles. The van der Waals surface area contributed by atoms with Gasteiger partial charge in [-0.15, -0.1) is 0 Å². The molecule has 2 saturated heterocycles. The van der Waals surface area contributed by atoms with Crippen LogP contribution in [0, 0.1) is 11.7 Å². The van der Waals surface area contributed by atoms with Gasteiger partial charge in [-0.25, -0.2) is 9.18 Å². The Hall–Kier alpha value is -2.15. The van der Waals surface area contributed by atoms with Crippen LogP contribution < -0.4 is 10.1 Å². The Kier molecular flexibility index (Phi) is 4.69. The van der Waals surface area contributed by atoms with Crippen molar-refractivity contribution in [3.63, 3.8) is 0 Å². The first kappa shape index (κ1) is 17.7. The second-order valence-electron chi connectivity index (χ2n) is 7.03. The number of benzene rings is 1. The number of hydrogen-bond donors (Lipinski definition) is 1. The fourth-order valence-electron chi connectivity index (χ4n) is 3.86. The second-order valence-corrected chi connectivity index (χ2v) is 7.03. The summed E-state index contributed by atoms with van der Waals surface area (Å²) in [4.78, 5) is 27.7. The normalized spacial score (nSPS) is 27.5. The molecule has 0 aromatic heterocycles. The number of halogens is 1. The minimum atomic E-state index is -0.878. The number of carbonyl (C=O) groups is 2. The standard InChI is InChI=1S/C18H24FN3O3/c1-18(16(23)21(2)17(24)20-18)13-5-4-8-22(11-13)10-12-9-14(19)6-7-15(12)25-3/h6-7,9,13H,4-5,8,10-11H2,1-3H3,(H,20,24)/t13-,18+/m0/s1. The maximum absolute atomic E-state index is 13.6. The van der Waals surface area contributed by atoms with E-state index in [0.717, 1.165) is 29.8 Å². The lowest BCUT2D eigenvalue weighted by Gasteiger charge is -2.39. The number of methoxy groups -OCH3 is 1. The Bertz CT molecular complexity index is 696. The Morgan fingerprint density at radius 1 is 1.40 bits per heavy atom. The van der Waals surface area contributed by atoms with Crippen LogP contribution >= 0.6 is 0 Å². The Balaban J connectivity index is 1.75. The monoisotopic (exact) mass is 349 g/mol. The molecular weight excluding hydrogens is 325 g/mol. The van der Waals surface area contributed by atoms with Crippen LogP contribution in [0.4, 0.5) is 9.18 Å². The van der Waals surface area contributed by atoms with Gasteiger partial charge in [0.05, 0.1) is 7.11 Å². The summed E-state index contributed by atoms with van der Waals surface area (Å²) in [6.07, 6.45) is 1.79. The fourth-order valence-corrected chi connectivity index (χ4v) is 3.86. The molecule has 0 unspecified atom stereocenters. The number of carbonyl (C=O) groups excluding carboxylic acids is 2. The molecule has 7 heteroatoms. The van der Waals surface area contributed by atoms with Gasteiger partial charge in [0.2, 0.25) is 0 Å². The summed E-state index contributed by atoms with van der Waals surface area (Å²) < 4.78 is 18.9. The number of piperidine rings is 1. The number of likely N-dealkylation sites (N-methyl/N-ethyl adjacent to an activating group) is 1. The average molecular weight is 349 g/mol. The van der Waals surface area contributed by atoms with E-state index in [0.29, 0.717) is 18.8 Å². The summed E-state index contributed by atoms with van der Waals surface area (Å²) in [6, 6.07) is 4.14. The number of hydrogen-bond acceptors (Lipinski definition) is 4. The maximum Gasteiger partial charge on any atom is 0.324 e. The smallest absolute Gasteiger partial charge is 0.324 e. The van der Waals surface area contributed by atoms with Crippen molar-refractivity contribution in [2.45, 2.75) is 31.8 Å². The van der Waals surface area contributed by atoms with E-state index in [1.807, 2.05) is 0 Å². The first-order valence-corrected chi connectivity index (χ1v) is 8.50. The third-order valence-corrected chi connectivity index (χ3v) is 5.38. The lowest BCUT2D eigenvalue weighted by Crippen LogP contribution is -2.55. The van der Waals surface area contributed by atoms with Crippen molar-refractivity contribution in [1.82, 2.24) is 15.1 Å². The molecule has 0 radical (unpaired) electrons. The second kappa shape index (κ2) is 6.63. The molecule has 136 valence electrons. The zero-order chi connectivity index (χ0) is 18.2. The zero-order valence-corrected chi connectivity index (χ0v) is 14.8. The van der Waals surface area contributed by atoms with Crippen molar-refractivity contribution >= 4 is 11.9 Å². The third kappa shape index (κ3) is 3.20. The van der Waals surface area contributed by atoms with Crippen molar-refractivity contribution in [2.75, 3.05) is 27.2 Å². The van der Waals surface area contributed by atoms with Gasteiger partial charge in [0.15, 0.2) is 0 Å². The van der Waals surface area contributed by atoms with Gasteiger partial charge < -0.3 is 10.1 Å². The molecule has 2 aliphatic heterocycles. The lowest BCUT2D eigenvalue weighted by atomic mass is 9.80. The first-order chi connectivity index (χ1) is 11.8. The van der Waals surface area contributed by atoms with Gasteiger partial charge in [0.25, 0.3) is 5.91 Å². The summed E-state index contributed by atoms with van der Waals surface area (Å²) >= 11 is 0. The molecular formula is C18H24FN3O3. The van der Waals surface area contributed by atoms with Crippen LogP contribution in [-0.2, 0) is 11.3 Å². The Morgan fingerprint density at radius 2 is 2.16 bits per heavy atom. The molecule has 3 rings (SSSR count). The van der Waals surface area contributed by atoms with Gasteiger partial charge in [0, 0.05) is 31.6 Å². The van der Waals surface area contributed by atoms with Gasteiger partial charge in [-0.2, -0.15) is 0 Å². The fraction of sp³-hybridized carbons (Fsp3) is 0.556. The maximum atomic E-state index is 13.6. The van der Waals surface area contributed by atoms with Crippen LogP contribution in [0.1, 0.15) is 25.3 Å². The summed E-state index contributed by atoms with van der Waals surface area (Å²) in [5.41, 5.74) is -0.0940. The van der Waals surface area contributed by atoms with Crippen molar-refractivity contribution in [2.24, 2.45) is 5.92 Å². The summed E-state index contributed by atoms with van der Waals surface area (Å²) in [6.45, 7) is 3.87. The van der Waals surface area contributed by atoms with Crippen LogP contribution in [0.25, 0.3) is 0 Å². The minimum Gasteiger partial charge on any atom is -0.496 e. The molecule has 0 saturated carbocycles. The Labute approximate surface area is 146 Å². The number of nitrogens with zero attached hydrogens (tertiary/aromatic N) is 2. The number of likely N-dealkylation sites (tertiary alicyclic amines) is 1. The van der Waals surface area contributed by atoms with Crippen LogP contribution in [0.15, 0.2) is 18.2 Å². The predicted molar refractivity (Wildman–Crippen MR) is 90.7 cm³/mol. The largest absolute Gasteiger partial charge is 0.496 e. The van der Waals surface area contributed by atoms with Gasteiger partial charge in [-0.3, -0.25) is 14.6 Å². The van der Waals surface area contributed by atoms with E-state index in [4.69, 9.17) is 4.74 Å². The average Bonchev–Trinajstić information content (AvgIpc) is 2.79. The topological polar surface area (TPSA) is 61.9 Å². The molecule has 0 aliphatic carbocycles. The van der Waals surface area contributed by atoms with E-state index in [1.54, 1.807) is 20.1 Å². The summed E-state index contributed by atoms with van der Waals surface area (Å²) in [7, 11) is 3.07. The molecule has 0 bridgehead atoms. The molecule has 1 N–H and O–H groups in total. The van der Waals surface area contributed by atoms with Crippen LogP contribution in [0.2, 0.25) is 0 Å². The first-order valence-electron chi connectivity index (χ1n) is 8.50. The molecule has 2 fully saturated rings. The highest BCUT2D eigenvalue weighted by Crippen LogP contribution is 2.33. The van der Waals surface area contributed by atoms with E-state index in [-0.39, 0.29) is 23.7 Å². The van der Waals surface area contributed by atoms with Gasteiger partial charge in [-0.05, 0) is 44.5 Å². The van der Waals surface area contributed by atoms with Gasteiger partial charge in [0.1, 0.15) is 17.1 Å². The predicted octanol–water partition coefficient (Wildman–Crippen LogP) is 1.99. The number of nitrogens with one attached hydrogen (secondary N) is 1. The minimum absolute atomic E-state index is 0.0159. The van der Waals surface area contributed by atoms with Crippen molar-refractivity contribution in [1.29, 1.82) is 0 Å². The molecule has 1 aromatic rings. The lowest BCUT2D eigenvalue weighted by molar-refractivity contribution is -0.132. The van der Waals surface area contributed by atoms with Crippen LogP contribution in [0.3, 0.4) is 0 Å². The van der Waals surface area contributed by atoms with E-state index >= 15 is 0 Å². The SMILES string of the molecule is COc1ccc(F)cc1CN1CCC[C@H]([C@@]2(C)NC(=O)N(C)C2=O)C1. The van der Waals surface area contributed by atoms with Crippen molar-refractivity contribution < 1.29 is 18.7 Å². The molecule has 3 amide bonds. The molecule has 2 atom stereocenters. The summed E-state index contributed by atoms with van der Waals surface area (Å²) in [5.74, 6) is 0.186. The van der Waals surface area contributed by atoms with E-state index in [2.05, 4.69) is 10.2 Å². The van der Waals surface area contributed by atoms with E-state index in [1.165, 1.54) is 19.2 Å². The van der Waals surface area contributed by atoms with E-state index in [9.17, 15) is 14.0 Å². The third-order valence-electron chi connectivity index (χ3n) is 5.38.